The van der Waals surface area contributed by atoms with E-state index < -0.39 is 5.91 Å². The molecule has 0 saturated heterocycles. The molecule has 0 bridgehead atoms. The highest BCUT2D eigenvalue weighted by atomic mass is 16.5. The van der Waals surface area contributed by atoms with Crippen molar-refractivity contribution in [3.63, 3.8) is 0 Å². The lowest BCUT2D eigenvalue weighted by molar-refractivity contribution is -0.119. The fourth-order valence-corrected chi connectivity index (χ4v) is 1.66. The minimum Gasteiger partial charge on any atom is -0.484 e. The topological polar surface area (TPSA) is 64.7 Å². The Morgan fingerprint density at radius 3 is 2.65 bits per heavy atom. The fourth-order valence-electron chi connectivity index (χ4n) is 1.66. The van der Waals surface area contributed by atoms with Crippen LogP contribution in [0.3, 0.4) is 0 Å². The molecule has 0 aliphatic heterocycles. The van der Waals surface area contributed by atoms with Crippen LogP contribution in [0.25, 0.3) is 0 Å². The number of carbonyl (C=O) groups excluding carboxylic acids is 1. The van der Waals surface area contributed by atoms with E-state index in [1.54, 1.807) is 18.3 Å². The van der Waals surface area contributed by atoms with Crippen LogP contribution in [0.1, 0.15) is 11.1 Å². The molecule has 0 saturated carbocycles. The van der Waals surface area contributed by atoms with E-state index in [9.17, 15) is 4.79 Å². The molecule has 2 aromatic carbocycles. The Kier molecular flexibility index (Phi) is 4.50. The molecule has 0 aromatic heterocycles. The Hall–Kier alpha value is -2.62. The molecule has 2 N–H and O–H groups in total. The Balaban J connectivity index is 2.01. The number of carbonyl (C=O) groups is 1. The molecule has 0 unspecified atom stereocenters. The minimum absolute atomic E-state index is 0.114. The predicted molar refractivity (Wildman–Crippen MR) is 79.6 cm³/mol. The van der Waals surface area contributed by atoms with Crippen molar-refractivity contribution in [1.82, 2.24) is 0 Å². The molecule has 102 valence electrons. The number of hydrogen-bond acceptors (Lipinski definition) is 3. The summed E-state index contributed by atoms with van der Waals surface area (Å²) < 4.78 is 5.18. The van der Waals surface area contributed by atoms with Gasteiger partial charge in [-0.05, 0) is 54.4 Å². The zero-order valence-corrected chi connectivity index (χ0v) is 11.2. The molecule has 0 radical (unpaired) electrons. The van der Waals surface area contributed by atoms with Gasteiger partial charge in [0.05, 0.1) is 5.69 Å². The van der Waals surface area contributed by atoms with Crippen LogP contribution in [0.2, 0.25) is 0 Å². The van der Waals surface area contributed by atoms with Gasteiger partial charge in [-0.3, -0.25) is 9.79 Å². The van der Waals surface area contributed by atoms with E-state index in [1.165, 1.54) is 5.56 Å². The molecular weight excluding hydrogens is 252 g/mol. The van der Waals surface area contributed by atoms with Crippen LogP contribution in [-0.4, -0.2) is 18.7 Å². The van der Waals surface area contributed by atoms with Crippen LogP contribution in [0.15, 0.2) is 53.5 Å². The molecule has 2 rings (SSSR count). The standard InChI is InChI=1S/C16H16N2O2/c1-12-3-2-4-14(9-12)18-10-13-5-7-15(8-6-13)20-11-16(17)19/h2-10H,11H2,1H3,(H2,17,19). The number of aryl methyl sites for hydroxylation is 1. The van der Waals surface area contributed by atoms with Gasteiger partial charge in [-0.25, -0.2) is 0 Å². The minimum atomic E-state index is -0.491. The highest BCUT2D eigenvalue weighted by molar-refractivity contribution is 5.82. The zero-order chi connectivity index (χ0) is 14.4. The summed E-state index contributed by atoms with van der Waals surface area (Å²) >= 11 is 0. The number of nitrogens with two attached hydrogens (primary N) is 1. The number of benzene rings is 2. The summed E-state index contributed by atoms with van der Waals surface area (Å²) in [6.45, 7) is 1.92. The first kappa shape index (κ1) is 13.8. The normalized spacial score (nSPS) is 10.7. The smallest absolute Gasteiger partial charge is 0.255 e. The second kappa shape index (κ2) is 6.52. The Labute approximate surface area is 117 Å². The molecular formula is C16H16N2O2. The quantitative estimate of drug-likeness (QED) is 0.847. The molecule has 0 aliphatic rings. The van der Waals surface area contributed by atoms with Gasteiger partial charge in [-0.15, -0.1) is 0 Å². The summed E-state index contributed by atoms with van der Waals surface area (Å²) in [6.07, 6.45) is 1.78. The SMILES string of the molecule is Cc1cccc(N=Cc2ccc(OCC(N)=O)cc2)c1. The molecule has 1 amide bonds. The number of hydrogen-bond donors (Lipinski definition) is 1. The van der Waals surface area contributed by atoms with Crippen molar-refractivity contribution >= 4 is 17.8 Å². The van der Waals surface area contributed by atoms with Crippen LogP contribution < -0.4 is 10.5 Å². The van der Waals surface area contributed by atoms with E-state index >= 15 is 0 Å². The van der Waals surface area contributed by atoms with Crippen molar-refractivity contribution < 1.29 is 9.53 Å². The summed E-state index contributed by atoms with van der Waals surface area (Å²) in [6, 6.07) is 15.3. The lowest BCUT2D eigenvalue weighted by Crippen LogP contribution is -2.19. The highest BCUT2D eigenvalue weighted by Gasteiger charge is 1.97. The fraction of sp³-hybridized carbons (Fsp3) is 0.125. The number of amides is 1. The van der Waals surface area contributed by atoms with Crippen LogP contribution in [0.5, 0.6) is 5.75 Å². The Morgan fingerprint density at radius 1 is 1.25 bits per heavy atom. The first-order valence-corrected chi connectivity index (χ1v) is 6.25. The van der Waals surface area contributed by atoms with Gasteiger partial charge in [0.2, 0.25) is 0 Å². The van der Waals surface area contributed by atoms with E-state index in [4.69, 9.17) is 10.5 Å². The average molecular weight is 268 g/mol. The average Bonchev–Trinajstić information content (AvgIpc) is 2.44. The van der Waals surface area contributed by atoms with E-state index in [0.29, 0.717) is 5.75 Å². The van der Waals surface area contributed by atoms with Gasteiger partial charge in [-0.2, -0.15) is 0 Å². The first-order valence-electron chi connectivity index (χ1n) is 6.25. The number of aliphatic imine (C=N–C) groups is 1. The molecule has 0 atom stereocenters. The van der Waals surface area contributed by atoms with Crippen molar-refractivity contribution in [3.05, 3.63) is 59.7 Å². The van der Waals surface area contributed by atoms with Gasteiger partial charge in [-0.1, -0.05) is 12.1 Å². The van der Waals surface area contributed by atoms with Crippen molar-refractivity contribution in [2.24, 2.45) is 10.7 Å². The molecule has 4 nitrogen and oxygen atoms in total. The zero-order valence-electron chi connectivity index (χ0n) is 11.2. The number of rotatable bonds is 5. The summed E-state index contributed by atoms with van der Waals surface area (Å²) in [5, 5.41) is 0. The third-order valence-electron chi connectivity index (χ3n) is 2.63. The second-order valence-corrected chi connectivity index (χ2v) is 4.42. The lowest BCUT2D eigenvalue weighted by atomic mass is 10.2. The highest BCUT2D eigenvalue weighted by Crippen LogP contribution is 2.15. The second-order valence-electron chi connectivity index (χ2n) is 4.42. The molecule has 4 heteroatoms. The summed E-state index contributed by atoms with van der Waals surface area (Å²) in [4.78, 5) is 15.0. The van der Waals surface area contributed by atoms with Crippen molar-refractivity contribution in [2.45, 2.75) is 6.92 Å². The van der Waals surface area contributed by atoms with Gasteiger partial charge in [0.1, 0.15) is 5.75 Å². The Morgan fingerprint density at radius 2 is 2.00 bits per heavy atom. The summed E-state index contributed by atoms with van der Waals surface area (Å²) in [7, 11) is 0. The van der Waals surface area contributed by atoms with Gasteiger partial charge < -0.3 is 10.5 Å². The third kappa shape index (κ3) is 4.24. The van der Waals surface area contributed by atoms with Gasteiger partial charge in [0, 0.05) is 6.21 Å². The number of nitrogens with zero attached hydrogens (tertiary/aromatic N) is 1. The van der Waals surface area contributed by atoms with E-state index in [-0.39, 0.29) is 6.61 Å². The molecule has 20 heavy (non-hydrogen) atoms. The lowest BCUT2D eigenvalue weighted by Gasteiger charge is -2.03. The largest absolute Gasteiger partial charge is 0.484 e. The monoisotopic (exact) mass is 268 g/mol. The number of ether oxygens (including phenoxy) is 1. The van der Waals surface area contributed by atoms with Gasteiger partial charge >= 0.3 is 0 Å². The van der Waals surface area contributed by atoms with Crippen LogP contribution in [0, 0.1) is 6.92 Å². The maximum atomic E-state index is 10.6. The molecule has 0 spiro atoms. The van der Waals surface area contributed by atoms with E-state index in [0.717, 1.165) is 11.3 Å². The summed E-state index contributed by atoms with van der Waals surface area (Å²) in [5.74, 6) is 0.117. The van der Waals surface area contributed by atoms with Crippen molar-refractivity contribution in [3.8, 4) is 5.75 Å². The number of primary amides is 1. The molecule has 2 aromatic rings. The third-order valence-corrected chi connectivity index (χ3v) is 2.63. The van der Waals surface area contributed by atoms with Crippen molar-refractivity contribution in [2.75, 3.05) is 6.61 Å². The van der Waals surface area contributed by atoms with Crippen molar-refractivity contribution in [1.29, 1.82) is 0 Å². The van der Waals surface area contributed by atoms with Crippen LogP contribution in [0.4, 0.5) is 5.69 Å². The molecule has 0 heterocycles. The van der Waals surface area contributed by atoms with Crippen LogP contribution in [-0.2, 0) is 4.79 Å². The van der Waals surface area contributed by atoms with Crippen LogP contribution >= 0.6 is 0 Å². The van der Waals surface area contributed by atoms with E-state index in [1.807, 2.05) is 43.3 Å². The Bertz CT molecular complexity index is 619. The van der Waals surface area contributed by atoms with E-state index in [2.05, 4.69) is 4.99 Å². The van der Waals surface area contributed by atoms with Gasteiger partial charge in [0.15, 0.2) is 6.61 Å². The predicted octanol–water partition coefficient (Wildman–Crippen LogP) is 2.61. The molecule has 0 aliphatic carbocycles. The summed E-state index contributed by atoms with van der Waals surface area (Å²) in [5.41, 5.74) is 8.06. The van der Waals surface area contributed by atoms with Gasteiger partial charge in [0.25, 0.3) is 5.91 Å². The first-order chi connectivity index (χ1) is 9.63. The maximum absolute atomic E-state index is 10.6. The maximum Gasteiger partial charge on any atom is 0.255 e. The molecule has 0 fully saturated rings.